The predicted molar refractivity (Wildman–Crippen MR) is 82.2 cm³/mol. The van der Waals surface area contributed by atoms with Crippen molar-refractivity contribution in [1.29, 1.82) is 0 Å². The van der Waals surface area contributed by atoms with Crippen LogP contribution in [0.25, 0.3) is 0 Å². The average molecular weight is 334 g/mol. The van der Waals surface area contributed by atoms with Gasteiger partial charge in [-0.2, -0.15) is 13.2 Å². The van der Waals surface area contributed by atoms with E-state index in [0.717, 1.165) is 17.4 Å². The zero-order valence-corrected chi connectivity index (χ0v) is 13.2. The summed E-state index contributed by atoms with van der Waals surface area (Å²) >= 11 is 7.53. The number of hydrogen-bond acceptors (Lipinski definition) is 2. The molecule has 114 valence electrons. The average Bonchev–Trinajstić information content (AvgIpc) is 2.88. The van der Waals surface area contributed by atoms with Gasteiger partial charge in [0.2, 0.25) is 0 Å². The summed E-state index contributed by atoms with van der Waals surface area (Å²) in [5.74, 6) is 0. The van der Waals surface area contributed by atoms with Crippen LogP contribution in [0.1, 0.15) is 35.2 Å². The lowest BCUT2D eigenvalue weighted by molar-refractivity contribution is -0.137. The lowest BCUT2D eigenvalue weighted by Crippen LogP contribution is -2.13. The molecule has 0 aliphatic carbocycles. The number of benzene rings is 1. The van der Waals surface area contributed by atoms with Crippen molar-refractivity contribution in [3.05, 3.63) is 50.7 Å². The van der Waals surface area contributed by atoms with Crippen molar-refractivity contribution in [3.8, 4) is 0 Å². The number of anilines is 1. The van der Waals surface area contributed by atoms with Gasteiger partial charge in [0.25, 0.3) is 0 Å². The number of alkyl halides is 3. The third-order valence-electron chi connectivity index (χ3n) is 3.14. The Morgan fingerprint density at radius 2 is 1.95 bits per heavy atom. The highest BCUT2D eigenvalue weighted by molar-refractivity contribution is 7.12. The van der Waals surface area contributed by atoms with E-state index in [4.69, 9.17) is 11.6 Å². The minimum absolute atomic E-state index is 0.0642. The van der Waals surface area contributed by atoms with Crippen LogP contribution in [-0.4, -0.2) is 0 Å². The molecular formula is C15H15ClF3NS. The molecule has 1 heterocycles. The standard InChI is InChI=1S/C15H15ClF3NS/c1-3-10-7-8-13(21-10)9(2)20-14-11(15(17,18)19)5-4-6-12(14)16/h4-9,20H,3H2,1-2H3. The van der Waals surface area contributed by atoms with Crippen molar-refractivity contribution in [3.63, 3.8) is 0 Å². The molecule has 0 aliphatic heterocycles. The summed E-state index contributed by atoms with van der Waals surface area (Å²) in [6.45, 7) is 3.87. The Morgan fingerprint density at radius 3 is 2.52 bits per heavy atom. The van der Waals surface area contributed by atoms with Crippen molar-refractivity contribution >= 4 is 28.6 Å². The Bertz CT molecular complexity index is 622. The van der Waals surface area contributed by atoms with E-state index < -0.39 is 11.7 Å². The zero-order chi connectivity index (χ0) is 15.6. The minimum atomic E-state index is -4.43. The molecule has 1 atom stereocenters. The van der Waals surface area contributed by atoms with Gasteiger partial charge in [-0.05, 0) is 37.6 Å². The molecule has 0 fully saturated rings. The molecule has 1 nitrogen and oxygen atoms in total. The fourth-order valence-corrected chi connectivity index (χ4v) is 3.20. The highest BCUT2D eigenvalue weighted by atomic mass is 35.5. The maximum atomic E-state index is 13.0. The Hall–Kier alpha value is -1.20. The quantitative estimate of drug-likeness (QED) is 0.707. The van der Waals surface area contributed by atoms with Crippen molar-refractivity contribution in [2.24, 2.45) is 0 Å². The molecule has 1 unspecified atom stereocenters. The van der Waals surface area contributed by atoms with Crippen LogP contribution in [0, 0.1) is 0 Å². The van der Waals surface area contributed by atoms with Crippen LogP contribution in [0.2, 0.25) is 5.02 Å². The van der Waals surface area contributed by atoms with Gasteiger partial charge in [-0.1, -0.05) is 24.6 Å². The topological polar surface area (TPSA) is 12.0 Å². The molecule has 1 aromatic heterocycles. The second-order valence-electron chi connectivity index (χ2n) is 4.68. The number of hydrogen-bond donors (Lipinski definition) is 1. The Morgan fingerprint density at radius 1 is 1.24 bits per heavy atom. The van der Waals surface area contributed by atoms with E-state index in [1.165, 1.54) is 17.0 Å². The fourth-order valence-electron chi connectivity index (χ4n) is 2.01. The molecular weight excluding hydrogens is 319 g/mol. The first kappa shape index (κ1) is 16.2. The summed E-state index contributed by atoms with van der Waals surface area (Å²) in [5, 5.41) is 2.97. The SMILES string of the molecule is CCc1ccc(C(C)Nc2c(Cl)cccc2C(F)(F)F)s1. The summed E-state index contributed by atoms with van der Waals surface area (Å²) in [6.07, 6.45) is -3.52. The molecule has 0 spiro atoms. The van der Waals surface area contributed by atoms with Crippen LogP contribution < -0.4 is 5.32 Å². The predicted octanol–water partition coefficient (Wildman–Crippen LogP) is 6.16. The molecule has 2 rings (SSSR count). The number of thiophene rings is 1. The minimum Gasteiger partial charge on any atom is -0.376 e. The first-order chi connectivity index (χ1) is 9.82. The molecule has 6 heteroatoms. The van der Waals surface area contributed by atoms with Crippen molar-refractivity contribution in [2.75, 3.05) is 5.32 Å². The Kier molecular flexibility index (Phi) is 4.84. The number of para-hydroxylation sites is 1. The van der Waals surface area contributed by atoms with Crippen LogP contribution >= 0.6 is 22.9 Å². The van der Waals surface area contributed by atoms with Gasteiger partial charge in [0.15, 0.2) is 0 Å². The molecule has 2 aromatic rings. The molecule has 0 saturated carbocycles. The molecule has 0 radical (unpaired) electrons. The van der Waals surface area contributed by atoms with E-state index in [9.17, 15) is 13.2 Å². The van der Waals surface area contributed by atoms with Crippen LogP contribution in [0.4, 0.5) is 18.9 Å². The van der Waals surface area contributed by atoms with Gasteiger partial charge in [0.05, 0.1) is 22.3 Å². The van der Waals surface area contributed by atoms with Gasteiger partial charge < -0.3 is 5.32 Å². The second kappa shape index (κ2) is 6.28. The molecule has 1 aromatic carbocycles. The third-order valence-corrected chi connectivity index (χ3v) is 4.86. The van der Waals surface area contributed by atoms with E-state index >= 15 is 0 Å². The monoisotopic (exact) mass is 333 g/mol. The first-order valence-corrected chi connectivity index (χ1v) is 7.73. The number of halogens is 4. The summed E-state index contributed by atoms with van der Waals surface area (Å²) < 4.78 is 39.1. The normalized spacial score (nSPS) is 13.2. The van der Waals surface area contributed by atoms with Crippen LogP contribution in [0.3, 0.4) is 0 Å². The summed E-state index contributed by atoms with van der Waals surface area (Å²) in [6, 6.07) is 7.49. The highest BCUT2D eigenvalue weighted by Crippen LogP contribution is 2.40. The number of rotatable bonds is 4. The van der Waals surface area contributed by atoms with Crippen molar-refractivity contribution in [2.45, 2.75) is 32.5 Å². The third kappa shape index (κ3) is 3.71. The number of aryl methyl sites for hydroxylation is 1. The van der Waals surface area contributed by atoms with Crippen molar-refractivity contribution < 1.29 is 13.2 Å². The van der Waals surface area contributed by atoms with Crippen LogP contribution in [-0.2, 0) is 12.6 Å². The Balaban J connectivity index is 2.30. The maximum absolute atomic E-state index is 13.0. The van der Waals surface area contributed by atoms with Gasteiger partial charge in [-0.15, -0.1) is 11.3 Å². The fraction of sp³-hybridized carbons (Fsp3) is 0.333. The van der Waals surface area contributed by atoms with E-state index in [1.807, 2.05) is 26.0 Å². The zero-order valence-electron chi connectivity index (χ0n) is 11.6. The molecule has 21 heavy (non-hydrogen) atoms. The molecule has 0 aliphatic rings. The van der Waals surface area contributed by atoms with E-state index in [-0.39, 0.29) is 16.8 Å². The first-order valence-electron chi connectivity index (χ1n) is 6.53. The summed E-state index contributed by atoms with van der Waals surface area (Å²) in [7, 11) is 0. The lowest BCUT2D eigenvalue weighted by Gasteiger charge is -2.19. The number of nitrogens with one attached hydrogen (secondary N) is 1. The molecule has 0 bridgehead atoms. The van der Waals surface area contributed by atoms with E-state index in [2.05, 4.69) is 5.32 Å². The van der Waals surface area contributed by atoms with Crippen LogP contribution in [0.5, 0.6) is 0 Å². The molecule has 0 amide bonds. The Labute approximate surface area is 130 Å². The van der Waals surface area contributed by atoms with E-state index in [1.54, 1.807) is 11.3 Å². The molecule has 1 N–H and O–H groups in total. The van der Waals surface area contributed by atoms with Crippen LogP contribution in [0.15, 0.2) is 30.3 Å². The van der Waals surface area contributed by atoms with Gasteiger partial charge in [0.1, 0.15) is 0 Å². The van der Waals surface area contributed by atoms with Gasteiger partial charge in [0, 0.05) is 9.75 Å². The van der Waals surface area contributed by atoms with Crippen molar-refractivity contribution in [1.82, 2.24) is 0 Å². The van der Waals surface area contributed by atoms with E-state index in [0.29, 0.717) is 0 Å². The van der Waals surface area contributed by atoms with Gasteiger partial charge >= 0.3 is 6.18 Å². The smallest absolute Gasteiger partial charge is 0.376 e. The maximum Gasteiger partial charge on any atom is 0.418 e. The second-order valence-corrected chi connectivity index (χ2v) is 6.29. The van der Waals surface area contributed by atoms with Gasteiger partial charge in [-0.3, -0.25) is 0 Å². The summed E-state index contributed by atoms with van der Waals surface area (Å²) in [5.41, 5.74) is -0.806. The highest BCUT2D eigenvalue weighted by Gasteiger charge is 2.34. The summed E-state index contributed by atoms with van der Waals surface area (Å²) in [4.78, 5) is 2.19. The lowest BCUT2D eigenvalue weighted by atomic mass is 10.1. The van der Waals surface area contributed by atoms with Gasteiger partial charge in [-0.25, -0.2) is 0 Å². The molecule has 0 saturated heterocycles. The largest absolute Gasteiger partial charge is 0.418 e.